The van der Waals surface area contributed by atoms with Gasteiger partial charge in [-0.15, -0.1) is 11.3 Å². The summed E-state index contributed by atoms with van der Waals surface area (Å²) in [5.41, 5.74) is 4.04. The highest BCUT2D eigenvalue weighted by atomic mass is 32.1. The molecule has 1 aliphatic heterocycles. The SMILES string of the molecule is c1ccc(CCn2cnc3c2CCN(Cc2nccs2)C3)cc1. The molecule has 118 valence electrons. The number of nitrogens with zero attached hydrogens (tertiary/aromatic N) is 4. The van der Waals surface area contributed by atoms with Gasteiger partial charge in [-0.2, -0.15) is 0 Å². The average molecular weight is 324 g/mol. The molecule has 0 aliphatic carbocycles. The van der Waals surface area contributed by atoms with Crippen molar-refractivity contribution in [2.45, 2.75) is 32.5 Å². The first kappa shape index (κ1) is 14.6. The van der Waals surface area contributed by atoms with E-state index in [-0.39, 0.29) is 0 Å². The fourth-order valence-corrected chi connectivity index (χ4v) is 3.83. The van der Waals surface area contributed by atoms with Gasteiger partial charge in [0.15, 0.2) is 0 Å². The summed E-state index contributed by atoms with van der Waals surface area (Å²) in [6, 6.07) is 10.7. The van der Waals surface area contributed by atoms with Crippen molar-refractivity contribution in [1.82, 2.24) is 19.4 Å². The monoisotopic (exact) mass is 324 g/mol. The van der Waals surface area contributed by atoms with Crippen molar-refractivity contribution in [3.05, 3.63) is 70.2 Å². The second kappa shape index (κ2) is 6.64. The van der Waals surface area contributed by atoms with Gasteiger partial charge in [-0.1, -0.05) is 30.3 Å². The van der Waals surface area contributed by atoms with Crippen LogP contribution in [0.3, 0.4) is 0 Å². The first-order valence-electron chi connectivity index (χ1n) is 8.06. The highest BCUT2D eigenvalue weighted by molar-refractivity contribution is 7.09. The van der Waals surface area contributed by atoms with E-state index in [0.29, 0.717) is 0 Å². The Morgan fingerprint density at radius 2 is 2.04 bits per heavy atom. The fourth-order valence-electron chi connectivity index (χ4n) is 3.17. The molecule has 0 saturated carbocycles. The van der Waals surface area contributed by atoms with Crippen molar-refractivity contribution in [3.8, 4) is 0 Å². The van der Waals surface area contributed by atoms with Crippen molar-refractivity contribution in [2.24, 2.45) is 0 Å². The van der Waals surface area contributed by atoms with Crippen LogP contribution < -0.4 is 0 Å². The zero-order valence-electron chi connectivity index (χ0n) is 13.1. The standard InChI is InChI=1S/C18H20N4S/c1-2-4-15(5-3-1)6-10-22-14-20-16-12-21(9-7-17(16)22)13-18-19-8-11-23-18/h1-5,8,11,14H,6-7,9-10,12-13H2. The lowest BCUT2D eigenvalue weighted by Gasteiger charge is -2.26. The number of rotatable bonds is 5. The minimum atomic E-state index is 0.938. The molecule has 0 atom stereocenters. The molecular weight excluding hydrogens is 304 g/mol. The van der Waals surface area contributed by atoms with Crippen LogP contribution >= 0.6 is 11.3 Å². The molecule has 23 heavy (non-hydrogen) atoms. The lowest BCUT2D eigenvalue weighted by molar-refractivity contribution is 0.239. The Balaban J connectivity index is 1.40. The van der Waals surface area contributed by atoms with Crippen molar-refractivity contribution >= 4 is 11.3 Å². The molecule has 0 N–H and O–H groups in total. The van der Waals surface area contributed by atoms with Crippen LogP contribution in [0, 0.1) is 0 Å². The van der Waals surface area contributed by atoms with Crippen LogP contribution in [0.4, 0.5) is 0 Å². The summed E-state index contributed by atoms with van der Waals surface area (Å²) in [5, 5.41) is 3.24. The second-order valence-corrected chi connectivity index (χ2v) is 6.93. The lowest BCUT2D eigenvalue weighted by atomic mass is 10.1. The summed E-state index contributed by atoms with van der Waals surface area (Å²) in [7, 11) is 0. The largest absolute Gasteiger partial charge is 0.334 e. The zero-order chi connectivity index (χ0) is 15.5. The number of thiazole rings is 1. The van der Waals surface area contributed by atoms with Gasteiger partial charge in [-0.3, -0.25) is 4.90 Å². The predicted octanol–water partition coefficient (Wildman–Crippen LogP) is 3.14. The van der Waals surface area contributed by atoms with Gasteiger partial charge in [0.2, 0.25) is 0 Å². The van der Waals surface area contributed by atoms with Crippen LogP contribution in [0.2, 0.25) is 0 Å². The number of hydrogen-bond acceptors (Lipinski definition) is 4. The topological polar surface area (TPSA) is 34.0 Å². The number of aryl methyl sites for hydroxylation is 2. The number of imidazole rings is 1. The Morgan fingerprint density at radius 1 is 1.13 bits per heavy atom. The van der Waals surface area contributed by atoms with E-state index in [1.165, 1.54) is 22.0 Å². The van der Waals surface area contributed by atoms with Crippen molar-refractivity contribution in [1.29, 1.82) is 0 Å². The molecule has 0 radical (unpaired) electrons. The number of hydrogen-bond donors (Lipinski definition) is 0. The Hall–Kier alpha value is -1.98. The van der Waals surface area contributed by atoms with Crippen LogP contribution in [-0.4, -0.2) is 26.0 Å². The van der Waals surface area contributed by atoms with Gasteiger partial charge >= 0.3 is 0 Å². The smallest absolute Gasteiger partial charge is 0.107 e. The zero-order valence-corrected chi connectivity index (χ0v) is 13.9. The van der Waals surface area contributed by atoms with Gasteiger partial charge < -0.3 is 4.57 Å². The normalized spacial score (nSPS) is 14.8. The highest BCUT2D eigenvalue weighted by Crippen LogP contribution is 2.20. The van der Waals surface area contributed by atoms with Crippen LogP contribution in [0.1, 0.15) is 22.0 Å². The van der Waals surface area contributed by atoms with E-state index in [0.717, 1.165) is 39.0 Å². The van der Waals surface area contributed by atoms with E-state index < -0.39 is 0 Å². The first-order valence-corrected chi connectivity index (χ1v) is 8.94. The number of aromatic nitrogens is 3. The van der Waals surface area contributed by atoms with Crippen molar-refractivity contribution in [3.63, 3.8) is 0 Å². The van der Waals surface area contributed by atoms with Gasteiger partial charge in [0, 0.05) is 43.3 Å². The fraction of sp³-hybridized carbons (Fsp3) is 0.333. The Morgan fingerprint density at radius 3 is 2.87 bits per heavy atom. The van der Waals surface area contributed by atoms with Gasteiger partial charge in [-0.05, 0) is 12.0 Å². The molecule has 1 aromatic carbocycles. The predicted molar refractivity (Wildman–Crippen MR) is 92.3 cm³/mol. The van der Waals surface area contributed by atoms with E-state index in [2.05, 4.69) is 49.8 Å². The van der Waals surface area contributed by atoms with E-state index in [1.54, 1.807) is 11.3 Å². The summed E-state index contributed by atoms with van der Waals surface area (Å²) >= 11 is 1.73. The van der Waals surface area contributed by atoms with Gasteiger partial charge in [0.05, 0.1) is 18.6 Å². The molecule has 4 nitrogen and oxygen atoms in total. The van der Waals surface area contributed by atoms with Crippen LogP contribution in [0.15, 0.2) is 48.2 Å². The summed E-state index contributed by atoms with van der Waals surface area (Å²) in [4.78, 5) is 11.5. The minimum absolute atomic E-state index is 0.938. The van der Waals surface area contributed by atoms with Gasteiger partial charge in [-0.25, -0.2) is 9.97 Å². The maximum absolute atomic E-state index is 4.65. The summed E-state index contributed by atoms with van der Waals surface area (Å²) < 4.78 is 2.34. The van der Waals surface area contributed by atoms with Crippen molar-refractivity contribution < 1.29 is 0 Å². The molecule has 0 unspecified atom stereocenters. The molecule has 0 amide bonds. The molecule has 2 aromatic heterocycles. The lowest BCUT2D eigenvalue weighted by Crippen LogP contribution is -2.31. The molecule has 0 spiro atoms. The quantitative estimate of drug-likeness (QED) is 0.723. The molecule has 0 saturated heterocycles. The minimum Gasteiger partial charge on any atom is -0.334 e. The molecule has 0 fully saturated rings. The molecular formula is C18H20N4S. The van der Waals surface area contributed by atoms with E-state index in [9.17, 15) is 0 Å². The molecule has 3 heterocycles. The molecule has 5 heteroatoms. The summed E-state index contributed by atoms with van der Waals surface area (Å²) in [5.74, 6) is 0. The van der Waals surface area contributed by atoms with Gasteiger partial charge in [0.1, 0.15) is 5.01 Å². The number of benzene rings is 1. The number of fused-ring (bicyclic) bond motifs is 1. The molecule has 3 aromatic rings. The summed E-state index contributed by atoms with van der Waals surface area (Å²) in [6.45, 7) is 3.98. The first-order chi connectivity index (χ1) is 11.4. The van der Waals surface area contributed by atoms with Crippen LogP contribution in [0.25, 0.3) is 0 Å². The van der Waals surface area contributed by atoms with E-state index in [4.69, 9.17) is 0 Å². The Bertz CT molecular complexity index is 749. The highest BCUT2D eigenvalue weighted by Gasteiger charge is 2.21. The maximum Gasteiger partial charge on any atom is 0.107 e. The molecule has 0 bridgehead atoms. The second-order valence-electron chi connectivity index (χ2n) is 5.95. The Kier molecular flexibility index (Phi) is 4.22. The Labute approximate surface area is 140 Å². The molecule has 4 rings (SSSR count). The molecule has 1 aliphatic rings. The van der Waals surface area contributed by atoms with Crippen LogP contribution in [-0.2, 0) is 32.5 Å². The third-order valence-corrected chi connectivity index (χ3v) is 5.16. The summed E-state index contributed by atoms with van der Waals surface area (Å²) in [6.07, 6.45) is 6.04. The van der Waals surface area contributed by atoms with Crippen molar-refractivity contribution in [2.75, 3.05) is 6.54 Å². The third kappa shape index (κ3) is 3.35. The third-order valence-electron chi connectivity index (χ3n) is 4.40. The maximum atomic E-state index is 4.65. The van der Waals surface area contributed by atoms with Crippen LogP contribution in [0.5, 0.6) is 0 Å². The van der Waals surface area contributed by atoms with E-state index >= 15 is 0 Å². The average Bonchev–Trinajstić information content (AvgIpc) is 3.23. The van der Waals surface area contributed by atoms with E-state index in [1.807, 2.05) is 17.9 Å². The van der Waals surface area contributed by atoms with Gasteiger partial charge in [0.25, 0.3) is 0 Å².